The SMILES string of the molecule is Cc1cc(C)cc(-c2ccc3[c]([Ge]([CH3])([CH3])[CH3])cc(CC(C)C)cc3n2)c1. The molecule has 0 N–H and O–H groups in total. The molecule has 3 rings (SSSR count). The fourth-order valence-corrected chi connectivity index (χ4v) is 7.22. The molecule has 0 aliphatic carbocycles. The summed E-state index contributed by atoms with van der Waals surface area (Å²) < 4.78 is 1.58. The zero-order chi connectivity index (χ0) is 19.1. The Morgan fingerprint density at radius 2 is 1.54 bits per heavy atom. The zero-order valence-electron chi connectivity index (χ0n) is 17.3. The van der Waals surface area contributed by atoms with E-state index in [1.165, 1.54) is 27.6 Å². The van der Waals surface area contributed by atoms with Crippen LogP contribution in [0.1, 0.15) is 30.5 Å². The summed E-state index contributed by atoms with van der Waals surface area (Å²) in [5.74, 6) is 8.10. The summed E-state index contributed by atoms with van der Waals surface area (Å²) in [5, 5.41) is 1.36. The maximum absolute atomic E-state index is 5.10. The van der Waals surface area contributed by atoms with Crippen LogP contribution in [-0.2, 0) is 6.42 Å². The molecule has 1 heterocycles. The molecule has 0 atom stereocenters. The molecule has 0 unspecified atom stereocenters. The average molecular weight is 406 g/mol. The van der Waals surface area contributed by atoms with Crippen molar-refractivity contribution in [1.82, 2.24) is 4.98 Å². The molecule has 136 valence electrons. The summed E-state index contributed by atoms with van der Waals surface area (Å²) in [7, 11) is 0. The van der Waals surface area contributed by atoms with Crippen molar-refractivity contribution in [1.29, 1.82) is 0 Å². The van der Waals surface area contributed by atoms with Crippen LogP contribution in [0.4, 0.5) is 0 Å². The third kappa shape index (κ3) is 4.20. The quantitative estimate of drug-likeness (QED) is 0.466. The molecule has 3 aromatic rings. The molecule has 0 saturated carbocycles. The molecule has 0 amide bonds. The van der Waals surface area contributed by atoms with Gasteiger partial charge in [-0.25, -0.2) is 0 Å². The van der Waals surface area contributed by atoms with Gasteiger partial charge in [-0.2, -0.15) is 0 Å². The van der Waals surface area contributed by atoms with E-state index in [4.69, 9.17) is 4.98 Å². The van der Waals surface area contributed by atoms with Gasteiger partial charge in [-0.05, 0) is 0 Å². The molecule has 0 aliphatic heterocycles. The van der Waals surface area contributed by atoms with E-state index in [2.05, 4.69) is 87.4 Å². The second-order valence-corrected chi connectivity index (χ2v) is 19.7. The van der Waals surface area contributed by atoms with Gasteiger partial charge in [-0.15, -0.1) is 0 Å². The third-order valence-electron chi connectivity index (χ3n) is 4.84. The number of aromatic nitrogens is 1. The molecule has 26 heavy (non-hydrogen) atoms. The average Bonchev–Trinajstić information content (AvgIpc) is 2.51. The number of hydrogen-bond donors (Lipinski definition) is 0. The Balaban J connectivity index is 2.21. The fraction of sp³-hybridized carbons (Fsp3) is 0.375. The summed E-state index contributed by atoms with van der Waals surface area (Å²) in [6.07, 6.45) is 1.12. The van der Waals surface area contributed by atoms with E-state index in [0.29, 0.717) is 5.92 Å². The Morgan fingerprint density at radius 1 is 0.885 bits per heavy atom. The molecule has 0 bridgehead atoms. The van der Waals surface area contributed by atoms with Crippen LogP contribution in [0.25, 0.3) is 22.2 Å². The number of nitrogens with zero attached hydrogens (tertiary/aromatic N) is 1. The van der Waals surface area contributed by atoms with Gasteiger partial charge in [0.25, 0.3) is 0 Å². The van der Waals surface area contributed by atoms with Crippen LogP contribution in [-0.4, -0.2) is 18.3 Å². The van der Waals surface area contributed by atoms with Crippen molar-refractivity contribution in [2.24, 2.45) is 5.92 Å². The van der Waals surface area contributed by atoms with Gasteiger partial charge in [-0.3, -0.25) is 0 Å². The molecular weight excluding hydrogens is 375 g/mol. The van der Waals surface area contributed by atoms with Gasteiger partial charge in [0.15, 0.2) is 0 Å². The first-order chi connectivity index (χ1) is 12.1. The third-order valence-corrected chi connectivity index (χ3v) is 9.09. The van der Waals surface area contributed by atoms with E-state index in [9.17, 15) is 0 Å². The van der Waals surface area contributed by atoms with E-state index >= 15 is 0 Å². The van der Waals surface area contributed by atoms with Crippen LogP contribution >= 0.6 is 0 Å². The Labute approximate surface area is 161 Å². The van der Waals surface area contributed by atoms with Crippen LogP contribution in [0, 0.1) is 19.8 Å². The van der Waals surface area contributed by atoms with Crippen molar-refractivity contribution >= 4 is 28.6 Å². The number of benzene rings is 2. The number of fused-ring (bicyclic) bond motifs is 1. The standard InChI is InChI=1S/C24H31GeN/c1-16(2)10-19-14-22(25(5,6)7)21-8-9-23(26-24(21)15-19)20-12-17(3)11-18(4)13-20/h8-9,11-16H,10H2,1-7H3. The van der Waals surface area contributed by atoms with Crippen LogP contribution in [0.3, 0.4) is 0 Å². The van der Waals surface area contributed by atoms with Crippen LogP contribution in [0.15, 0.2) is 42.5 Å². The van der Waals surface area contributed by atoms with E-state index in [1.807, 2.05) is 0 Å². The van der Waals surface area contributed by atoms with Crippen molar-refractivity contribution in [2.75, 3.05) is 0 Å². The Hall–Kier alpha value is -1.61. The zero-order valence-corrected chi connectivity index (χ0v) is 19.4. The number of aryl methyl sites for hydroxylation is 2. The van der Waals surface area contributed by atoms with E-state index < -0.39 is 13.3 Å². The van der Waals surface area contributed by atoms with E-state index in [0.717, 1.165) is 17.6 Å². The predicted octanol–water partition coefficient (Wildman–Crippen LogP) is 6.26. The first-order valence-corrected chi connectivity index (χ1v) is 17.0. The Morgan fingerprint density at radius 3 is 2.12 bits per heavy atom. The summed E-state index contributed by atoms with van der Waals surface area (Å²) in [5.41, 5.74) is 7.49. The molecule has 2 heteroatoms. The van der Waals surface area contributed by atoms with Gasteiger partial charge in [0.05, 0.1) is 0 Å². The van der Waals surface area contributed by atoms with Gasteiger partial charge in [0.2, 0.25) is 0 Å². The van der Waals surface area contributed by atoms with Crippen molar-refractivity contribution in [3.05, 3.63) is 59.2 Å². The van der Waals surface area contributed by atoms with Crippen LogP contribution in [0.2, 0.25) is 17.3 Å². The molecule has 0 saturated heterocycles. The van der Waals surface area contributed by atoms with Gasteiger partial charge >= 0.3 is 161 Å². The minimum absolute atomic E-state index is 0.662. The monoisotopic (exact) mass is 407 g/mol. The van der Waals surface area contributed by atoms with Gasteiger partial charge in [0, 0.05) is 0 Å². The van der Waals surface area contributed by atoms with Crippen molar-refractivity contribution in [3.8, 4) is 11.3 Å². The Bertz CT molecular complexity index is 928. The number of pyridine rings is 1. The summed E-state index contributed by atoms with van der Waals surface area (Å²) in [6.45, 7) is 8.90. The maximum atomic E-state index is 5.10. The molecule has 2 aromatic carbocycles. The summed E-state index contributed by atoms with van der Waals surface area (Å²) in [6, 6.07) is 16.0. The number of hydrogen-bond acceptors (Lipinski definition) is 1. The number of rotatable bonds is 4. The first-order valence-electron chi connectivity index (χ1n) is 9.66. The van der Waals surface area contributed by atoms with Crippen molar-refractivity contribution < 1.29 is 0 Å². The van der Waals surface area contributed by atoms with Gasteiger partial charge < -0.3 is 0 Å². The second kappa shape index (κ2) is 7.19. The normalized spacial score (nSPS) is 12.2. The van der Waals surface area contributed by atoms with Gasteiger partial charge in [0.1, 0.15) is 0 Å². The van der Waals surface area contributed by atoms with Crippen LogP contribution < -0.4 is 4.40 Å². The molecule has 1 nitrogen and oxygen atoms in total. The van der Waals surface area contributed by atoms with Crippen molar-refractivity contribution in [2.45, 2.75) is 51.4 Å². The van der Waals surface area contributed by atoms with E-state index in [1.54, 1.807) is 4.40 Å². The minimum atomic E-state index is -1.97. The topological polar surface area (TPSA) is 12.9 Å². The van der Waals surface area contributed by atoms with E-state index in [-0.39, 0.29) is 0 Å². The molecule has 0 fully saturated rings. The molecule has 0 radical (unpaired) electrons. The summed E-state index contributed by atoms with van der Waals surface area (Å²) >= 11 is -1.97. The van der Waals surface area contributed by atoms with Crippen LogP contribution in [0.5, 0.6) is 0 Å². The molecular formula is C24H31GeN. The first kappa shape index (κ1) is 19.2. The predicted molar refractivity (Wildman–Crippen MR) is 118 cm³/mol. The molecule has 1 aromatic heterocycles. The van der Waals surface area contributed by atoms with Crippen molar-refractivity contribution in [3.63, 3.8) is 0 Å². The molecule has 0 aliphatic rings. The fourth-order valence-electron chi connectivity index (χ4n) is 3.79. The summed E-state index contributed by atoms with van der Waals surface area (Å²) in [4.78, 5) is 5.10. The van der Waals surface area contributed by atoms with Gasteiger partial charge in [-0.1, -0.05) is 0 Å². The second-order valence-electron chi connectivity index (χ2n) is 9.13. The molecule has 0 spiro atoms. The Kier molecular flexibility index (Phi) is 5.30.